The van der Waals surface area contributed by atoms with Gasteiger partial charge in [-0.2, -0.15) is 0 Å². The Labute approximate surface area is 193 Å². The molecule has 0 aliphatic carbocycles. The van der Waals surface area contributed by atoms with E-state index in [1.165, 1.54) is 0 Å². The second kappa shape index (κ2) is 9.48. The van der Waals surface area contributed by atoms with Crippen LogP contribution in [-0.4, -0.2) is 48.0 Å². The van der Waals surface area contributed by atoms with Gasteiger partial charge in [0.05, 0.1) is 11.1 Å². The molecule has 5 rings (SSSR count). The highest BCUT2D eigenvalue weighted by Gasteiger charge is 2.22. The number of pyridine rings is 1. The van der Waals surface area contributed by atoms with Crippen LogP contribution in [0.1, 0.15) is 41.6 Å². The molecule has 1 aromatic heterocycles. The molecular formula is C26H29N5O2. The molecule has 0 unspecified atom stereocenters. The molecular weight excluding hydrogens is 414 g/mol. The molecule has 0 saturated carbocycles. The predicted octanol–water partition coefficient (Wildman–Crippen LogP) is 4.39. The lowest BCUT2D eigenvalue weighted by molar-refractivity contribution is 0.0951. The van der Waals surface area contributed by atoms with Crippen LogP contribution in [0.5, 0.6) is 0 Å². The molecule has 0 bridgehead atoms. The highest BCUT2D eigenvalue weighted by atomic mass is 16.2. The van der Waals surface area contributed by atoms with Gasteiger partial charge in [0.2, 0.25) is 0 Å². The fourth-order valence-electron chi connectivity index (χ4n) is 4.60. The van der Waals surface area contributed by atoms with E-state index in [1.54, 1.807) is 0 Å². The number of hydrogen-bond acceptors (Lipinski definition) is 4. The van der Waals surface area contributed by atoms with E-state index < -0.39 is 0 Å². The third kappa shape index (κ3) is 4.77. The van der Waals surface area contributed by atoms with Crippen LogP contribution >= 0.6 is 0 Å². The highest BCUT2D eigenvalue weighted by Crippen LogP contribution is 2.26. The summed E-state index contributed by atoms with van der Waals surface area (Å²) in [5, 5.41) is 6.97. The van der Waals surface area contributed by atoms with Crippen molar-refractivity contribution in [2.24, 2.45) is 0 Å². The predicted molar refractivity (Wildman–Crippen MR) is 131 cm³/mol. The van der Waals surface area contributed by atoms with Gasteiger partial charge in [-0.15, -0.1) is 0 Å². The third-order valence-corrected chi connectivity index (χ3v) is 6.38. The van der Waals surface area contributed by atoms with Gasteiger partial charge in [0.25, 0.3) is 5.91 Å². The Morgan fingerprint density at radius 2 is 1.64 bits per heavy atom. The molecule has 2 aliphatic heterocycles. The van der Waals surface area contributed by atoms with Gasteiger partial charge in [-0.1, -0.05) is 30.3 Å². The number of rotatable bonds is 5. The van der Waals surface area contributed by atoms with Crippen LogP contribution in [0.3, 0.4) is 0 Å². The van der Waals surface area contributed by atoms with Crippen molar-refractivity contribution in [3.63, 3.8) is 0 Å². The molecule has 3 heterocycles. The standard InChI is InChI=1S/C26H29N5O2/c32-25(22-17-20-9-1-2-11-23(20)29-24(22)30-12-3-4-13-30)27-18-19-8-7-10-21(16-19)28-26(33)31-14-5-6-15-31/h1-2,7-11,16-17H,3-6,12-15,18H2,(H,27,32)(H,28,33). The fraction of sp³-hybridized carbons (Fsp3) is 0.346. The van der Waals surface area contributed by atoms with Gasteiger partial charge in [-0.05, 0) is 55.5 Å². The van der Waals surface area contributed by atoms with Crippen LogP contribution in [0.25, 0.3) is 10.9 Å². The number of nitrogens with one attached hydrogen (secondary N) is 2. The first-order chi connectivity index (χ1) is 16.2. The van der Waals surface area contributed by atoms with Crippen LogP contribution in [0.15, 0.2) is 54.6 Å². The molecule has 7 heteroatoms. The quantitative estimate of drug-likeness (QED) is 0.613. The molecule has 0 spiro atoms. The Kier molecular flexibility index (Phi) is 6.11. The van der Waals surface area contributed by atoms with Crippen molar-refractivity contribution in [3.8, 4) is 0 Å². The number of fused-ring (bicyclic) bond motifs is 1. The summed E-state index contributed by atoms with van der Waals surface area (Å²) in [4.78, 5) is 34.5. The summed E-state index contributed by atoms with van der Waals surface area (Å²) in [5.74, 6) is 0.622. The number of carbonyl (C=O) groups is 2. The topological polar surface area (TPSA) is 77.6 Å². The zero-order chi connectivity index (χ0) is 22.6. The lowest BCUT2D eigenvalue weighted by Crippen LogP contribution is -2.32. The number of hydrogen-bond donors (Lipinski definition) is 2. The summed E-state index contributed by atoms with van der Waals surface area (Å²) >= 11 is 0. The van der Waals surface area contributed by atoms with Crippen LogP contribution in [0.2, 0.25) is 0 Å². The molecule has 0 atom stereocenters. The summed E-state index contributed by atoms with van der Waals surface area (Å²) in [6.45, 7) is 3.83. The molecule has 2 fully saturated rings. The molecule has 2 aromatic carbocycles. The Morgan fingerprint density at radius 3 is 2.45 bits per heavy atom. The largest absolute Gasteiger partial charge is 0.356 e. The molecule has 7 nitrogen and oxygen atoms in total. The number of aromatic nitrogens is 1. The van der Waals surface area contributed by atoms with Gasteiger partial charge in [0, 0.05) is 43.8 Å². The number of amides is 3. The summed E-state index contributed by atoms with van der Waals surface area (Å²) in [5.41, 5.74) is 3.18. The van der Waals surface area contributed by atoms with Crippen LogP contribution in [0.4, 0.5) is 16.3 Å². The van der Waals surface area contributed by atoms with E-state index in [-0.39, 0.29) is 11.9 Å². The number of benzene rings is 2. The van der Waals surface area contributed by atoms with E-state index in [0.29, 0.717) is 12.1 Å². The summed E-state index contributed by atoms with van der Waals surface area (Å²) < 4.78 is 0. The number of carbonyl (C=O) groups excluding carboxylic acids is 2. The van der Waals surface area contributed by atoms with Gasteiger partial charge in [0.1, 0.15) is 5.82 Å². The average molecular weight is 444 g/mol. The summed E-state index contributed by atoms with van der Waals surface area (Å²) in [7, 11) is 0. The number of para-hydroxylation sites is 1. The smallest absolute Gasteiger partial charge is 0.321 e. The molecule has 2 N–H and O–H groups in total. The van der Waals surface area contributed by atoms with Gasteiger partial charge >= 0.3 is 6.03 Å². The molecule has 2 aliphatic rings. The first-order valence-electron chi connectivity index (χ1n) is 11.8. The van der Waals surface area contributed by atoms with Crippen LogP contribution < -0.4 is 15.5 Å². The maximum absolute atomic E-state index is 13.2. The summed E-state index contributed by atoms with van der Waals surface area (Å²) in [6, 6.07) is 17.4. The van der Waals surface area contributed by atoms with Crippen molar-refractivity contribution < 1.29 is 9.59 Å². The zero-order valence-electron chi connectivity index (χ0n) is 18.7. The van der Waals surface area contributed by atoms with E-state index in [0.717, 1.165) is 79.8 Å². The molecule has 2 saturated heterocycles. The first kappa shape index (κ1) is 21.2. The zero-order valence-corrected chi connectivity index (χ0v) is 18.7. The minimum Gasteiger partial charge on any atom is -0.356 e. The van der Waals surface area contributed by atoms with Gasteiger partial charge in [0.15, 0.2) is 0 Å². The Morgan fingerprint density at radius 1 is 0.879 bits per heavy atom. The van der Waals surface area contributed by atoms with Crippen molar-refractivity contribution in [1.82, 2.24) is 15.2 Å². The second-order valence-corrected chi connectivity index (χ2v) is 8.75. The van der Waals surface area contributed by atoms with Crippen molar-refractivity contribution in [1.29, 1.82) is 0 Å². The van der Waals surface area contributed by atoms with E-state index in [9.17, 15) is 9.59 Å². The Balaban J connectivity index is 1.31. The third-order valence-electron chi connectivity index (χ3n) is 6.38. The van der Waals surface area contributed by atoms with Crippen LogP contribution in [0, 0.1) is 0 Å². The monoisotopic (exact) mass is 443 g/mol. The van der Waals surface area contributed by atoms with Crippen molar-refractivity contribution in [2.75, 3.05) is 36.4 Å². The number of nitrogens with zero attached hydrogens (tertiary/aromatic N) is 3. The molecule has 33 heavy (non-hydrogen) atoms. The minimum absolute atomic E-state index is 0.0637. The van der Waals surface area contributed by atoms with Gasteiger partial charge in [-0.25, -0.2) is 9.78 Å². The average Bonchev–Trinajstić information content (AvgIpc) is 3.57. The Hall–Kier alpha value is -3.61. The number of anilines is 2. The van der Waals surface area contributed by atoms with E-state index >= 15 is 0 Å². The van der Waals surface area contributed by atoms with Crippen molar-refractivity contribution in [3.05, 3.63) is 65.7 Å². The van der Waals surface area contributed by atoms with E-state index in [1.807, 2.05) is 59.5 Å². The summed E-state index contributed by atoms with van der Waals surface area (Å²) in [6.07, 6.45) is 4.35. The van der Waals surface area contributed by atoms with E-state index in [2.05, 4.69) is 15.5 Å². The Bertz CT molecular complexity index is 1170. The number of urea groups is 1. The highest BCUT2D eigenvalue weighted by molar-refractivity contribution is 6.02. The second-order valence-electron chi connectivity index (χ2n) is 8.75. The fourth-order valence-corrected chi connectivity index (χ4v) is 4.60. The molecule has 3 amide bonds. The minimum atomic E-state index is -0.137. The maximum Gasteiger partial charge on any atom is 0.321 e. The molecule has 170 valence electrons. The number of likely N-dealkylation sites (tertiary alicyclic amines) is 1. The van der Waals surface area contributed by atoms with Crippen molar-refractivity contribution in [2.45, 2.75) is 32.2 Å². The van der Waals surface area contributed by atoms with Gasteiger partial charge < -0.3 is 20.4 Å². The van der Waals surface area contributed by atoms with E-state index in [4.69, 9.17) is 4.98 Å². The maximum atomic E-state index is 13.2. The van der Waals surface area contributed by atoms with Crippen molar-refractivity contribution >= 4 is 34.3 Å². The SMILES string of the molecule is O=C(NCc1cccc(NC(=O)N2CCCC2)c1)c1cc2ccccc2nc1N1CCCC1. The molecule has 3 aromatic rings. The normalized spacial score (nSPS) is 15.8. The lowest BCUT2D eigenvalue weighted by Gasteiger charge is -2.20. The lowest BCUT2D eigenvalue weighted by atomic mass is 10.1. The van der Waals surface area contributed by atoms with Crippen LogP contribution in [-0.2, 0) is 6.54 Å². The first-order valence-corrected chi connectivity index (χ1v) is 11.8. The molecule has 0 radical (unpaired) electrons. The van der Waals surface area contributed by atoms with Gasteiger partial charge in [-0.3, -0.25) is 4.79 Å².